The lowest BCUT2D eigenvalue weighted by atomic mass is 9.83. The van der Waals surface area contributed by atoms with Gasteiger partial charge in [0.1, 0.15) is 16.8 Å². The van der Waals surface area contributed by atoms with E-state index in [1.54, 1.807) is 12.1 Å². The lowest BCUT2D eigenvalue weighted by Crippen LogP contribution is -2.23. The first-order chi connectivity index (χ1) is 9.89. The van der Waals surface area contributed by atoms with Crippen LogP contribution >= 0.6 is 34.2 Å². The van der Waals surface area contributed by atoms with Gasteiger partial charge in [0.2, 0.25) is 0 Å². The van der Waals surface area contributed by atoms with Crippen molar-refractivity contribution in [3.8, 4) is 0 Å². The van der Waals surface area contributed by atoms with E-state index in [1.165, 1.54) is 25.0 Å². The van der Waals surface area contributed by atoms with Crippen LogP contribution in [-0.4, -0.2) is 9.97 Å². The van der Waals surface area contributed by atoms with Crippen molar-refractivity contribution in [2.75, 3.05) is 0 Å². The molecule has 0 bridgehead atoms. The third-order valence-electron chi connectivity index (χ3n) is 3.93. The Bertz CT molecular complexity index is 681. The van der Waals surface area contributed by atoms with Crippen LogP contribution < -0.4 is 0 Å². The van der Waals surface area contributed by atoms with Crippen LogP contribution in [-0.2, 0) is 5.41 Å². The van der Waals surface area contributed by atoms with E-state index in [-0.39, 0.29) is 5.82 Å². The minimum absolute atomic E-state index is 0.241. The van der Waals surface area contributed by atoms with Crippen LogP contribution in [0, 0.1) is 9.39 Å². The molecule has 0 saturated heterocycles. The fourth-order valence-electron chi connectivity index (χ4n) is 2.34. The van der Waals surface area contributed by atoms with Gasteiger partial charge in [0, 0.05) is 11.3 Å². The van der Waals surface area contributed by atoms with Gasteiger partial charge in [-0.15, -0.1) is 0 Å². The van der Waals surface area contributed by atoms with Gasteiger partial charge in [0.05, 0.1) is 9.26 Å². The molecule has 0 amide bonds. The Hall–Kier alpha value is -0.750. The molecule has 110 valence electrons. The fraction of sp³-hybridized carbons (Fsp3) is 0.375. The molecular formula is C16H15ClFIN2. The molecule has 0 unspecified atom stereocenters. The Morgan fingerprint density at radius 2 is 1.81 bits per heavy atom. The summed E-state index contributed by atoms with van der Waals surface area (Å²) >= 11 is 8.51. The van der Waals surface area contributed by atoms with Gasteiger partial charge in [0.25, 0.3) is 0 Å². The molecular weight excluding hydrogens is 402 g/mol. The number of benzene rings is 1. The van der Waals surface area contributed by atoms with Crippen LogP contribution in [0.5, 0.6) is 0 Å². The van der Waals surface area contributed by atoms with Gasteiger partial charge in [-0.3, -0.25) is 0 Å². The molecule has 5 heteroatoms. The van der Waals surface area contributed by atoms with E-state index >= 15 is 0 Å². The first-order valence-electron chi connectivity index (χ1n) is 6.89. The van der Waals surface area contributed by atoms with E-state index in [0.29, 0.717) is 16.9 Å². The van der Waals surface area contributed by atoms with Crippen LogP contribution in [0.1, 0.15) is 49.7 Å². The zero-order chi connectivity index (χ0) is 15.2. The molecule has 0 N–H and O–H groups in total. The van der Waals surface area contributed by atoms with Gasteiger partial charge in [-0.1, -0.05) is 23.7 Å². The molecule has 2 aromatic rings. The Morgan fingerprint density at radius 1 is 1.19 bits per heavy atom. The third kappa shape index (κ3) is 2.93. The van der Waals surface area contributed by atoms with Gasteiger partial charge < -0.3 is 0 Å². The minimum atomic E-state index is -0.411. The van der Waals surface area contributed by atoms with Gasteiger partial charge in [-0.25, -0.2) is 14.4 Å². The van der Waals surface area contributed by atoms with Crippen LogP contribution in [0.2, 0.25) is 5.15 Å². The van der Waals surface area contributed by atoms with Crippen molar-refractivity contribution >= 4 is 34.2 Å². The quantitative estimate of drug-likeness (QED) is 0.515. The lowest BCUT2D eigenvalue weighted by Gasteiger charge is -2.24. The highest BCUT2D eigenvalue weighted by molar-refractivity contribution is 14.1. The van der Waals surface area contributed by atoms with Crippen molar-refractivity contribution in [3.63, 3.8) is 0 Å². The summed E-state index contributed by atoms with van der Waals surface area (Å²) in [6.45, 7) is 4.07. The Morgan fingerprint density at radius 3 is 2.38 bits per heavy atom. The molecule has 1 aliphatic rings. The number of hydrogen-bond donors (Lipinski definition) is 0. The zero-order valence-corrected chi connectivity index (χ0v) is 14.7. The maximum atomic E-state index is 13.1. The number of hydrogen-bond acceptors (Lipinski definition) is 2. The SMILES string of the molecule is CC(C)(c1ccc(F)cc1)c1nc(Cl)c(I)c(C2CC2)n1. The summed E-state index contributed by atoms with van der Waals surface area (Å²) < 4.78 is 14.1. The predicted octanol–water partition coefficient (Wildman–Crippen LogP) is 5.08. The maximum Gasteiger partial charge on any atom is 0.146 e. The van der Waals surface area contributed by atoms with Crippen molar-refractivity contribution in [3.05, 3.63) is 55.9 Å². The Balaban J connectivity index is 2.07. The van der Waals surface area contributed by atoms with E-state index in [0.717, 1.165) is 14.8 Å². The number of aromatic nitrogens is 2. The first-order valence-corrected chi connectivity index (χ1v) is 8.34. The number of halogens is 3. The summed E-state index contributed by atoms with van der Waals surface area (Å²) in [4.78, 5) is 9.24. The predicted molar refractivity (Wildman–Crippen MR) is 90.3 cm³/mol. The normalized spacial score (nSPS) is 15.3. The van der Waals surface area contributed by atoms with Crippen molar-refractivity contribution in [1.82, 2.24) is 9.97 Å². The third-order valence-corrected chi connectivity index (χ3v) is 5.58. The maximum absolute atomic E-state index is 13.1. The molecule has 1 heterocycles. The smallest absolute Gasteiger partial charge is 0.146 e. The highest BCUT2D eigenvalue weighted by Gasteiger charge is 2.33. The van der Waals surface area contributed by atoms with Crippen molar-refractivity contribution < 1.29 is 4.39 Å². The number of nitrogens with zero attached hydrogens (tertiary/aromatic N) is 2. The van der Waals surface area contributed by atoms with Gasteiger partial charge in [-0.05, 0) is 67.0 Å². The summed E-state index contributed by atoms with van der Waals surface area (Å²) in [5.41, 5.74) is 1.62. The summed E-state index contributed by atoms with van der Waals surface area (Å²) in [6, 6.07) is 6.49. The summed E-state index contributed by atoms with van der Waals surface area (Å²) in [7, 11) is 0. The van der Waals surface area contributed by atoms with Gasteiger partial charge in [-0.2, -0.15) is 0 Å². The molecule has 0 atom stereocenters. The monoisotopic (exact) mass is 416 g/mol. The second-order valence-corrected chi connectivity index (χ2v) is 7.38. The van der Waals surface area contributed by atoms with E-state index in [1.807, 2.05) is 13.8 Å². The van der Waals surface area contributed by atoms with Crippen LogP contribution in [0.3, 0.4) is 0 Å². The molecule has 1 saturated carbocycles. The van der Waals surface area contributed by atoms with Gasteiger partial charge in [0.15, 0.2) is 0 Å². The lowest BCUT2D eigenvalue weighted by molar-refractivity contribution is 0.578. The molecule has 1 fully saturated rings. The fourth-order valence-corrected chi connectivity index (χ4v) is 3.20. The van der Waals surface area contributed by atoms with E-state index in [9.17, 15) is 4.39 Å². The van der Waals surface area contributed by atoms with Crippen LogP contribution in [0.25, 0.3) is 0 Å². The minimum Gasteiger partial charge on any atom is -0.235 e. The molecule has 0 radical (unpaired) electrons. The topological polar surface area (TPSA) is 25.8 Å². The molecule has 3 rings (SSSR count). The second-order valence-electron chi connectivity index (χ2n) is 5.94. The second kappa shape index (κ2) is 5.47. The average Bonchev–Trinajstić information content (AvgIpc) is 3.26. The molecule has 1 aliphatic carbocycles. The highest BCUT2D eigenvalue weighted by atomic mass is 127. The van der Waals surface area contributed by atoms with E-state index in [4.69, 9.17) is 16.6 Å². The summed E-state index contributed by atoms with van der Waals surface area (Å²) in [5.74, 6) is 0.969. The Labute approximate surface area is 142 Å². The number of rotatable bonds is 3. The van der Waals surface area contributed by atoms with Crippen LogP contribution in [0.15, 0.2) is 24.3 Å². The molecule has 1 aromatic carbocycles. The highest BCUT2D eigenvalue weighted by Crippen LogP contribution is 2.43. The molecule has 0 aliphatic heterocycles. The van der Waals surface area contributed by atoms with Crippen LogP contribution in [0.4, 0.5) is 4.39 Å². The average molecular weight is 417 g/mol. The van der Waals surface area contributed by atoms with Crippen molar-refractivity contribution in [2.45, 2.75) is 38.0 Å². The van der Waals surface area contributed by atoms with E-state index in [2.05, 4.69) is 27.6 Å². The summed E-state index contributed by atoms with van der Waals surface area (Å²) in [6.07, 6.45) is 2.33. The standard InChI is InChI=1S/C16H15ClFIN2/c1-16(2,10-5-7-11(18)8-6-10)15-20-13(9-3-4-9)12(19)14(17)21-15/h5-9H,3-4H2,1-2H3. The largest absolute Gasteiger partial charge is 0.235 e. The summed E-state index contributed by atoms with van der Waals surface area (Å²) in [5, 5.41) is 0.512. The molecule has 1 aromatic heterocycles. The van der Waals surface area contributed by atoms with Crippen molar-refractivity contribution in [1.29, 1.82) is 0 Å². The Kier molecular flexibility index (Phi) is 3.94. The van der Waals surface area contributed by atoms with E-state index < -0.39 is 5.41 Å². The first kappa shape index (κ1) is 15.2. The molecule has 0 spiro atoms. The zero-order valence-electron chi connectivity index (χ0n) is 11.8. The molecule has 21 heavy (non-hydrogen) atoms. The van der Waals surface area contributed by atoms with Crippen molar-refractivity contribution in [2.24, 2.45) is 0 Å². The van der Waals surface area contributed by atoms with Gasteiger partial charge >= 0.3 is 0 Å². The molecule has 2 nitrogen and oxygen atoms in total.